The van der Waals surface area contributed by atoms with Gasteiger partial charge in [-0.1, -0.05) is 17.7 Å². The van der Waals surface area contributed by atoms with Gasteiger partial charge in [-0.2, -0.15) is 0 Å². The Balaban J connectivity index is 0.000000155. The van der Waals surface area contributed by atoms with Gasteiger partial charge in [0.25, 0.3) is 0 Å². The zero-order valence-corrected chi connectivity index (χ0v) is 20.5. The van der Waals surface area contributed by atoms with Crippen molar-refractivity contribution in [2.24, 2.45) is 10.9 Å². The van der Waals surface area contributed by atoms with Crippen LogP contribution in [0.1, 0.15) is 43.0 Å². The third kappa shape index (κ3) is 5.82. The van der Waals surface area contributed by atoms with Crippen molar-refractivity contribution < 1.29 is 9.94 Å². The lowest BCUT2D eigenvalue weighted by Gasteiger charge is -2.22. The Hall–Kier alpha value is -2.09. The molecule has 3 aliphatic rings. The number of rotatable bonds is 6. The predicted molar refractivity (Wildman–Crippen MR) is 134 cm³/mol. The van der Waals surface area contributed by atoms with Crippen molar-refractivity contribution >= 4 is 34.1 Å². The molecule has 6 nitrogen and oxygen atoms in total. The normalized spacial score (nSPS) is 21.3. The first-order valence-corrected chi connectivity index (χ1v) is 12.4. The summed E-state index contributed by atoms with van der Waals surface area (Å²) in [5.74, 6) is 0.511. The second kappa shape index (κ2) is 9.81. The maximum absolute atomic E-state index is 10.3. The van der Waals surface area contributed by atoms with E-state index in [-0.39, 0.29) is 0 Å². The number of likely N-dealkylation sites (N-methyl/N-ethyl adjacent to an activating group) is 1. The summed E-state index contributed by atoms with van der Waals surface area (Å²) in [5, 5.41) is 11.2. The van der Waals surface area contributed by atoms with Crippen molar-refractivity contribution in [3.05, 3.63) is 40.8 Å². The van der Waals surface area contributed by atoms with E-state index in [0.717, 1.165) is 30.1 Å². The minimum Gasteiger partial charge on any atom is -0.390 e. The van der Waals surface area contributed by atoms with Crippen molar-refractivity contribution in [2.45, 2.75) is 57.6 Å². The lowest BCUT2D eigenvalue weighted by Crippen LogP contribution is -2.31. The van der Waals surface area contributed by atoms with Gasteiger partial charge in [-0.3, -0.25) is 0 Å². The van der Waals surface area contributed by atoms with Gasteiger partial charge in [-0.05, 0) is 84.2 Å². The van der Waals surface area contributed by atoms with E-state index in [1.807, 2.05) is 6.92 Å². The van der Waals surface area contributed by atoms with E-state index in [2.05, 4.69) is 71.6 Å². The average Bonchev–Trinajstić information content (AvgIpc) is 3.38. The summed E-state index contributed by atoms with van der Waals surface area (Å²) < 4.78 is 0. The number of anilines is 2. The molecule has 0 amide bonds. The number of aliphatic imine (C=N–C) groups is 1. The van der Waals surface area contributed by atoms with Crippen LogP contribution in [0, 0.1) is 12.8 Å². The number of thiophene rings is 1. The van der Waals surface area contributed by atoms with Crippen LogP contribution in [-0.2, 0) is 11.3 Å². The molecule has 1 saturated heterocycles. The highest BCUT2D eigenvalue weighted by Gasteiger charge is 2.39. The van der Waals surface area contributed by atoms with Gasteiger partial charge in [0.1, 0.15) is 5.69 Å². The number of aryl methyl sites for hydroxylation is 2. The zero-order chi connectivity index (χ0) is 22.7. The minimum atomic E-state index is -0.502. The van der Waals surface area contributed by atoms with Gasteiger partial charge < -0.3 is 19.7 Å². The molecule has 1 aromatic heterocycles. The maximum Gasteiger partial charge on any atom is 0.209 e. The molecule has 1 aliphatic carbocycles. The summed E-state index contributed by atoms with van der Waals surface area (Å²) in [5.41, 5.74) is 5.95. The lowest BCUT2D eigenvalue weighted by molar-refractivity contribution is 0.0286. The molecular weight excluding hydrogens is 420 g/mol. The molecule has 2 aromatic rings. The molecule has 5 rings (SSSR count). The van der Waals surface area contributed by atoms with Crippen LogP contribution in [0.2, 0.25) is 0 Å². The molecule has 32 heavy (non-hydrogen) atoms. The minimum absolute atomic E-state index is 0.502. The monoisotopic (exact) mass is 456 g/mol. The summed E-state index contributed by atoms with van der Waals surface area (Å²) in [6.07, 6.45) is 6.75. The highest BCUT2D eigenvalue weighted by atomic mass is 32.1. The fourth-order valence-corrected chi connectivity index (χ4v) is 5.27. The highest BCUT2D eigenvalue weighted by molar-refractivity contribution is 7.16. The molecule has 1 saturated carbocycles. The van der Waals surface area contributed by atoms with Crippen LogP contribution in [-0.4, -0.2) is 55.2 Å². The molecule has 3 heterocycles. The second-order valence-corrected chi connectivity index (χ2v) is 10.8. The summed E-state index contributed by atoms with van der Waals surface area (Å²) >= 11 is 1.65. The number of nitrogens with zero attached hydrogens (tertiary/aromatic N) is 3. The Labute approximate surface area is 195 Å². The molecule has 2 unspecified atom stereocenters. The van der Waals surface area contributed by atoms with Crippen molar-refractivity contribution in [1.82, 2.24) is 4.90 Å². The predicted octanol–water partition coefficient (Wildman–Crippen LogP) is 4.99. The fourth-order valence-electron chi connectivity index (χ4n) is 4.33. The van der Waals surface area contributed by atoms with E-state index in [1.165, 1.54) is 48.3 Å². The number of nitrogens with one attached hydrogen (secondary N) is 1. The van der Waals surface area contributed by atoms with Crippen LogP contribution in [0.3, 0.4) is 0 Å². The first-order valence-electron chi connectivity index (χ1n) is 11.6. The van der Waals surface area contributed by atoms with E-state index in [9.17, 15) is 5.11 Å². The Morgan fingerprint density at radius 2 is 2.00 bits per heavy atom. The molecule has 0 radical (unpaired) electrons. The van der Waals surface area contributed by atoms with Crippen LogP contribution in [0.15, 0.2) is 35.3 Å². The number of hydrogen-bond acceptors (Lipinski definition) is 7. The van der Waals surface area contributed by atoms with Gasteiger partial charge in [0.2, 0.25) is 6.40 Å². The van der Waals surface area contributed by atoms with Gasteiger partial charge in [0.15, 0.2) is 5.00 Å². The topological polar surface area (TPSA) is 60.3 Å². The Morgan fingerprint density at radius 3 is 2.62 bits per heavy atom. The van der Waals surface area contributed by atoms with Gasteiger partial charge >= 0.3 is 0 Å². The van der Waals surface area contributed by atoms with Crippen LogP contribution in [0.25, 0.3) is 0 Å². The number of aliphatic hydroxyl groups is 1. The highest BCUT2D eigenvalue weighted by Crippen LogP contribution is 2.43. The van der Waals surface area contributed by atoms with Gasteiger partial charge in [0, 0.05) is 29.7 Å². The first kappa shape index (κ1) is 23.1. The van der Waals surface area contributed by atoms with Crippen molar-refractivity contribution in [3.8, 4) is 0 Å². The molecule has 7 heteroatoms. The third-order valence-electron chi connectivity index (χ3n) is 6.79. The molecule has 2 N–H and O–H groups in total. The molecule has 2 atom stereocenters. The summed E-state index contributed by atoms with van der Waals surface area (Å²) in [6, 6.07) is 11.6. The largest absolute Gasteiger partial charge is 0.390 e. The summed E-state index contributed by atoms with van der Waals surface area (Å²) in [6.45, 7) is 6.44. The van der Waals surface area contributed by atoms with E-state index >= 15 is 0 Å². The summed E-state index contributed by atoms with van der Waals surface area (Å²) in [7, 11) is 4.34. The molecular formula is C25H36N4O2S. The molecule has 2 fully saturated rings. The van der Waals surface area contributed by atoms with E-state index in [1.54, 1.807) is 11.3 Å². The Bertz CT molecular complexity index is 919. The standard InChI is InChI=1S/C13H20N2.C12H16N2O2S/c1-11-4-6-12(7-5-11)15-9-8-13(10-15)14(2)3;1-12(15,8-2-3-8)5-4-9-6-10-11(17-9)14-16-7-13-10/h4-7,13H,8-10H2,1-3H3;6-8,14-15H,2-5H2,1H3. The number of fused-ring (bicyclic) bond motifs is 1. The lowest BCUT2D eigenvalue weighted by atomic mass is 9.94. The van der Waals surface area contributed by atoms with Crippen LogP contribution < -0.4 is 10.4 Å². The van der Waals surface area contributed by atoms with Gasteiger partial charge in [-0.15, -0.1) is 11.3 Å². The van der Waals surface area contributed by atoms with Crippen molar-refractivity contribution in [3.63, 3.8) is 0 Å². The van der Waals surface area contributed by atoms with E-state index < -0.39 is 5.60 Å². The van der Waals surface area contributed by atoms with Crippen LogP contribution >= 0.6 is 11.3 Å². The fraction of sp³-hybridized carbons (Fsp3) is 0.560. The molecule has 0 bridgehead atoms. The molecule has 2 aliphatic heterocycles. The number of hydrogen-bond donors (Lipinski definition) is 2. The molecule has 1 aromatic carbocycles. The van der Waals surface area contributed by atoms with Crippen LogP contribution in [0.5, 0.6) is 0 Å². The SMILES string of the molecule is CC(O)(CCc1cc2c(s1)NOC=N2)C1CC1.Cc1ccc(N2CCC(N(C)C)C2)cc1. The summed E-state index contributed by atoms with van der Waals surface area (Å²) in [4.78, 5) is 15.1. The smallest absolute Gasteiger partial charge is 0.209 e. The zero-order valence-electron chi connectivity index (χ0n) is 19.7. The Morgan fingerprint density at radius 1 is 1.25 bits per heavy atom. The van der Waals surface area contributed by atoms with E-state index in [0.29, 0.717) is 12.0 Å². The van der Waals surface area contributed by atoms with Crippen LogP contribution in [0.4, 0.5) is 16.4 Å². The Kier molecular flexibility index (Phi) is 7.08. The van der Waals surface area contributed by atoms with Crippen molar-refractivity contribution in [2.75, 3.05) is 37.6 Å². The third-order valence-corrected chi connectivity index (χ3v) is 7.87. The maximum atomic E-state index is 10.3. The quantitative estimate of drug-likeness (QED) is 0.641. The van der Waals surface area contributed by atoms with Gasteiger partial charge in [0.05, 0.1) is 5.60 Å². The van der Waals surface area contributed by atoms with E-state index in [4.69, 9.17) is 4.84 Å². The first-order chi connectivity index (χ1) is 15.3. The molecule has 0 spiro atoms. The second-order valence-electron chi connectivity index (χ2n) is 9.70. The molecule has 174 valence electrons. The number of benzene rings is 1. The van der Waals surface area contributed by atoms with Crippen molar-refractivity contribution in [1.29, 1.82) is 0 Å². The van der Waals surface area contributed by atoms with Gasteiger partial charge in [-0.25, -0.2) is 10.5 Å². The average molecular weight is 457 g/mol.